The number of thiocarbonyl (C=S) groups is 1. The van der Waals surface area contributed by atoms with Crippen molar-refractivity contribution < 1.29 is 4.74 Å². The Morgan fingerprint density at radius 3 is 2.75 bits per heavy atom. The van der Waals surface area contributed by atoms with Crippen LogP contribution in [0.15, 0.2) is 23.0 Å². The molecule has 0 aromatic carbocycles. The molecule has 1 aromatic rings. The third-order valence-corrected chi connectivity index (χ3v) is 9.67. The first-order chi connectivity index (χ1) is 17.6. The number of likely N-dealkylation sites (tertiary alicyclic amines) is 1. The Hall–Kier alpha value is -1.52. The third kappa shape index (κ3) is 5.50. The van der Waals surface area contributed by atoms with Crippen LogP contribution in [-0.2, 0) is 11.3 Å². The molecule has 4 bridgehead atoms. The molecule has 1 aromatic heterocycles. The van der Waals surface area contributed by atoms with Gasteiger partial charge in [0.1, 0.15) is 0 Å². The van der Waals surface area contributed by atoms with E-state index in [-0.39, 0.29) is 5.56 Å². The molecule has 6 aliphatic heterocycles. The summed E-state index contributed by atoms with van der Waals surface area (Å²) in [6, 6.07) is 6.44. The molecule has 0 radical (unpaired) electrons. The Labute approximate surface area is 220 Å². The van der Waals surface area contributed by atoms with Gasteiger partial charge in [-0.3, -0.25) is 14.6 Å². The quantitative estimate of drug-likeness (QED) is 0.518. The van der Waals surface area contributed by atoms with Crippen molar-refractivity contribution in [3.05, 3.63) is 34.2 Å². The Kier molecular flexibility index (Phi) is 7.63. The molecule has 0 amide bonds. The summed E-state index contributed by atoms with van der Waals surface area (Å²) in [5.74, 6) is 2.72. The standard InChI is InChI=1S/C27H42N6O2S/c34-26-3-1-2-25-22-12-20(16-33(25)26)15-31(17-22)18-23-19-32-6-4-21(23)13-24(32)14-29-27(36)28-5-7-30-8-10-35-11-9-30/h1-3,20-24H,4-19H2,(H2,28,29,36). The summed E-state index contributed by atoms with van der Waals surface area (Å²) in [5.41, 5.74) is 1.44. The maximum Gasteiger partial charge on any atom is 0.250 e. The summed E-state index contributed by atoms with van der Waals surface area (Å²) in [7, 11) is 0. The number of aromatic nitrogens is 1. The van der Waals surface area contributed by atoms with Gasteiger partial charge in [-0.15, -0.1) is 0 Å². The maximum absolute atomic E-state index is 12.3. The van der Waals surface area contributed by atoms with Crippen LogP contribution >= 0.6 is 12.2 Å². The minimum atomic E-state index is 0.180. The minimum Gasteiger partial charge on any atom is -0.379 e. The highest BCUT2D eigenvalue weighted by Gasteiger charge is 2.42. The first-order valence-corrected chi connectivity index (χ1v) is 14.5. The summed E-state index contributed by atoms with van der Waals surface area (Å²) < 4.78 is 7.47. The van der Waals surface area contributed by atoms with Crippen LogP contribution in [-0.4, -0.2) is 109 Å². The van der Waals surface area contributed by atoms with Crippen molar-refractivity contribution in [2.75, 3.05) is 78.7 Å². The van der Waals surface area contributed by atoms with Gasteiger partial charge in [-0.05, 0) is 61.8 Å². The number of nitrogens with zero attached hydrogens (tertiary/aromatic N) is 4. The number of hydrogen-bond donors (Lipinski definition) is 2. The molecule has 8 nitrogen and oxygen atoms in total. The molecule has 7 heterocycles. The zero-order valence-corrected chi connectivity index (χ0v) is 22.3. The van der Waals surface area contributed by atoms with Crippen LogP contribution in [0, 0.1) is 17.8 Å². The highest BCUT2D eigenvalue weighted by atomic mass is 32.1. The second kappa shape index (κ2) is 11.1. The average Bonchev–Trinajstić information content (AvgIpc) is 2.89. The molecule has 6 atom stereocenters. The first-order valence-electron chi connectivity index (χ1n) is 14.1. The smallest absolute Gasteiger partial charge is 0.250 e. The number of hydrogen-bond acceptors (Lipinski definition) is 6. The van der Waals surface area contributed by atoms with Gasteiger partial charge in [-0.1, -0.05) is 6.07 Å². The normalized spacial score (nSPS) is 34.2. The van der Waals surface area contributed by atoms with Gasteiger partial charge < -0.3 is 24.8 Å². The lowest BCUT2D eigenvalue weighted by atomic mass is 9.74. The maximum atomic E-state index is 12.3. The van der Waals surface area contributed by atoms with Crippen molar-refractivity contribution in [2.45, 2.75) is 37.8 Å². The monoisotopic (exact) mass is 514 g/mol. The van der Waals surface area contributed by atoms with Gasteiger partial charge in [0, 0.05) is 89.2 Å². The number of morpholine rings is 1. The number of nitrogens with one attached hydrogen (secondary N) is 2. The molecule has 2 N–H and O–H groups in total. The Bertz CT molecular complexity index is 981. The minimum absolute atomic E-state index is 0.180. The van der Waals surface area contributed by atoms with Crippen molar-refractivity contribution >= 4 is 17.3 Å². The number of piperidine rings is 4. The first kappa shape index (κ1) is 24.8. The van der Waals surface area contributed by atoms with E-state index < -0.39 is 0 Å². The second-order valence-electron chi connectivity index (χ2n) is 11.7. The molecule has 9 heteroatoms. The van der Waals surface area contributed by atoms with Gasteiger partial charge in [0.2, 0.25) is 0 Å². The van der Waals surface area contributed by atoms with Gasteiger partial charge in [-0.2, -0.15) is 0 Å². The number of ether oxygens (including phenoxy) is 1. The molecule has 6 unspecified atom stereocenters. The summed E-state index contributed by atoms with van der Waals surface area (Å²) in [5, 5.41) is 7.70. The van der Waals surface area contributed by atoms with E-state index in [1.54, 1.807) is 6.07 Å². The summed E-state index contributed by atoms with van der Waals surface area (Å²) in [6.45, 7) is 13.4. The fraction of sp³-hybridized carbons (Fsp3) is 0.778. The van der Waals surface area contributed by atoms with E-state index in [0.29, 0.717) is 17.9 Å². The largest absolute Gasteiger partial charge is 0.379 e. The van der Waals surface area contributed by atoms with Gasteiger partial charge >= 0.3 is 0 Å². The number of fused-ring (bicyclic) bond motifs is 7. The lowest BCUT2D eigenvalue weighted by molar-refractivity contribution is -0.0189. The van der Waals surface area contributed by atoms with Crippen LogP contribution in [0.1, 0.15) is 30.9 Å². The summed E-state index contributed by atoms with van der Waals surface area (Å²) in [6.07, 6.45) is 3.86. The van der Waals surface area contributed by atoms with E-state index in [9.17, 15) is 4.79 Å². The van der Waals surface area contributed by atoms with Gasteiger partial charge in [-0.25, -0.2) is 0 Å². The van der Waals surface area contributed by atoms with Crippen LogP contribution in [0.4, 0.5) is 0 Å². The average molecular weight is 515 g/mol. The van der Waals surface area contributed by atoms with E-state index in [0.717, 1.165) is 82.5 Å². The van der Waals surface area contributed by atoms with E-state index in [4.69, 9.17) is 17.0 Å². The SMILES string of the molecule is O=c1cccc2n1CC1CC2CN(CC2CN3CCC2CC3CNC(=S)NCCN2CCOCC2)C1. The van der Waals surface area contributed by atoms with E-state index in [2.05, 4.69) is 31.4 Å². The summed E-state index contributed by atoms with van der Waals surface area (Å²) in [4.78, 5) is 20.2. The lowest BCUT2D eigenvalue weighted by Gasteiger charge is -2.52. The Morgan fingerprint density at radius 1 is 1.03 bits per heavy atom. The number of pyridine rings is 1. The molecule has 36 heavy (non-hydrogen) atoms. The molecule has 6 aliphatic rings. The van der Waals surface area contributed by atoms with Crippen LogP contribution in [0.2, 0.25) is 0 Å². The van der Waals surface area contributed by atoms with Crippen LogP contribution in [0.3, 0.4) is 0 Å². The third-order valence-electron chi connectivity index (χ3n) is 9.38. The van der Waals surface area contributed by atoms with E-state index in [1.165, 1.54) is 44.6 Å². The molecule has 5 saturated heterocycles. The number of rotatable bonds is 7. The van der Waals surface area contributed by atoms with Crippen molar-refractivity contribution in [1.82, 2.24) is 29.9 Å². The fourth-order valence-corrected chi connectivity index (χ4v) is 7.76. The molecule has 0 saturated carbocycles. The molecule has 5 fully saturated rings. The molecule has 198 valence electrons. The predicted molar refractivity (Wildman–Crippen MR) is 145 cm³/mol. The van der Waals surface area contributed by atoms with E-state index in [1.807, 2.05) is 10.6 Å². The zero-order valence-electron chi connectivity index (χ0n) is 21.4. The van der Waals surface area contributed by atoms with Crippen molar-refractivity contribution in [3.63, 3.8) is 0 Å². The Balaban J connectivity index is 0.953. The highest BCUT2D eigenvalue weighted by molar-refractivity contribution is 7.80. The molecular weight excluding hydrogens is 472 g/mol. The Morgan fingerprint density at radius 2 is 1.92 bits per heavy atom. The molecule has 0 spiro atoms. The van der Waals surface area contributed by atoms with Crippen LogP contribution in [0.5, 0.6) is 0 Å². The summed E-state index contributed by atoms with van der Waals surface area (Å²) >= 11 is 5.57. The van der Waals surface area contributed by atoms with Crippen LogP contribution in [0.25, 0.3) is 0 Å². The highest BCUT2D eigenvalue weighted by Crippen LogP contribution is 2.39. The topological polar surface area (TPSA) is 65.0 Å². The van der Waals surface area contributed by atoms with Gasteiger partial charge in [0.15, 0.2) is 5.11 Å². The van der Waals surface area contributed by atoms with Gasteiger partial charge in [0.05, 0.1) is 13.2 Å². The van der Waals surface area contributed by atoms with Crippen molar-refractivity contribution in [3.8, 4) is 0 Å². The fourth-order valence-electron chi connectivity index (χ4n) is 7.57. The van der Waals surface area contributed by atoms with Gasteiger partial charge in [0.25, 0.3) is 5.56 Å². The zero-order chi connectivity index (χ0) is 24.5. The molecule has 0 aliphatic carbocycles. The predicted octanol–water partition coefficient (Wildman–Crippen LogP) is 0.774. The van der Waals surface area contributed by atoms with E-state index >= 15 is 0 Å². The van der Waals surface area contributed by atoms with Crippen molar-refractivity contribution in [1.29, 1.82) is 0 Å². The van der Waals surface area contributed by atoms with Crippen LogP contribution < -0.4 is 16.2 Å². The second-order valence-corrected chi connectivity index (χ2v) is 12.1. The molecular formula is C27H42N6O2S. The molecule has 7 rings (SSSR count). The van der Waals surface area contributed by atoms with Crippen molar-refractivity contribution in [2.24, 2.45) is 17.8 Å². The lowest BCUT2D eigenvalue weighted by Crippen LogP contribution is -2.59.